The van der Waals surface area contributed by atoms with E-state index < -0.39 is 8.07 Å². The van der Waals surface area contributed by atoms with Crippen LogP contribution >= 0.6 is 0 Å². The van der Waals surface area contributed by atoms with Crippen LogP contribution in [-0.4, -0.2) is 20.7 Å². The molecule has 0 rings (SSSR count). The molecular formula is C11H22O2Si. The zero-order chi connectivity index (χ0) is 11.2. The van der Waals surface area contributed by atoms with Crippen molar-refractivity contribution in [1.82, 2.24) is 0 Å². The monoisotopic (exact) mass is 214 g/mol. The topological polar surface area (TPSA) is 26.3 Å². The van der Waals surface area contributed by atoms with Crippen molar-refractivity contribution >= 4 is 14.0 Å². The lowest BCUT2D eigenvalue weighted by Gasteiger charge is -2.16. The van der Waals surface area contributed by atoms with Crippen LogP contribution in [0.15, 0.2) is 12.2 Å². The molecule has 0 atom stereocenters. The summed E-state index contributed by atoms with van der Waals surface area (Å²) >= 11 is 0. The fourth-order valence-electron chi connectivity index (χ4n) is 1.12. The SMILES string of the molecule is C=C(C[Si](C)(C)C)C(=O)OCCCC. The van der Waals surface area contributed by atoms with Crippen molar-refractivity contribution in [3.8, 4) is 0 Å². The fourth-order valence-corrected chi connectivity index (χ4v) is 2.55. The number of carbonyl (C=O) groups excluding carboxylic acids is 1. The van der Waals surface area contributed by atoms with Crippen molar-refractivity contribution in [3.63, 3.8) is 0 Å². The molecule has 0 unspecified atom stereocenters. The Morgan fingerprint density at radius 1 is 1.36 bits per heavy atom. The van der Waals surface area contributed by atoms with Gasteiger partial charge in [-0.1, -0.05) is 39.6 Å². The molecule has 0 bridgehead atoms. The van der Waals surface area contributed by atoms with Crippen molar-refractivity contribution in [2.75, 3.05) is 6.61 Å². The van der Waals surface area contributed by atoms with Gasteiger partial charge in [0.05, 0.1) is 6.61 Å². The molecular weight excluding hydrogens is 192 g/mol. The summed E-state index contributed by atoms with van der Waals surface area (Å²) in [5.41, 5.74) is 0.639. The number of unbranched alkanes of at least 4 members (excludes halogenated alkanes) is 1. The number of esters is 1. The van der Waals surface area contributed by atoms with Gasteiger partial charge in [-0.05, 0) is 12.5 Å². The highest BCUT2D eigenvalue weighted by Crippen LogP contribution is 2.15. The van der Waals surface area contributed by atoms with Gasteiger partial charge < -0.3 is 4.74 Å². The quantitative estimate of drug-likeness (QED) is 0.294. The first-order valence-corrected chi connectivity index (χ1v) is 8.92. The molecule has 2 nitrogen and oxygen atoms in total. The Morgan fingerprint density at radius 2 is 1.93 bits per heavy atom. The molecule has 0 saturated heterocycles. The van der Waals surface area contributed by atoms with Crippen molar-refractivity contribution < 1.29 is 9.53 Å². The predicted molar refractivity (Wildman–Crippen MR) is 63.2 cm³/mol. The second kappa shape index (κ2) is 6.01. The van der Waals surface area contributed by atoms with Gasteiger partial charge in [0.1, 0.15) is 0 Å². The van der Waals surface area contributed by atoms with Crippen molar-refractivity contribution in [2.45, 2.75) is 45.5 Å². The Balaban J connectivity index is 3.83. The first-order chi connectivity index (χ1) is 6.37. The summed E-state index contributed by atoms with van der Waals surface area (Å²) in [4.78, 5) is 11.4. The largest absolute Gasteiger partial charge is 0.462 e. The van der Waals surface area contributed by atoms with Crippen LogP contribution in [0.4, 0.5) is 0 Å². The first-order valence-electron chi connectivity index (χ1n) is 5.21. The van der Waals surface area contributed by atoms with Crippen molar-refractivity contribution in [1.29, 1.82) is 0 Å². The Bertz CT molecular complexity index is 204. The molecule has 0 aliphatic rings. The second-order valence-corrected chi connectivity index (χ2v) is 10.3. The molecule has 0 fully saturated rings. The third-order valence-corrected chi connectivity index (χ3v) is 3.25. The third kappa shape index (κ3) is 6.89. The van der Waals surface area contributed by atoms with Gasteiger partial charge >= 0.3 is 5.97 Å². The highest BCUT2D eigenvalue weighted by atomic mass is 28.3. The maximum Gasteiger partial charge on any atom is 0.333 e. The molecule has 0 aromatic heterocycles. The molecule has 0 aromatic carbocycles. The van der Waals surface area contributed by atoms with Crippen LogP contribution in [-0.2, 0) is 9.53 Å². The molecule has 14 heavy (non-hydrogen) atoms. The highest BCUT2D eigenvalue weighted by Gasteiger charge is 2.19. The van der Waals surface area contributed by atoms with Crippen molar-refractivity contribution in [2.24, 2.45) is 0 Å². The zero-order valence-corrected chi connectivity index (χ0v) is 10.9. The Kier molecular flexibility index (Phi) is 5.77. The van der Waals surface area contributed by atoms with Gasteiger partial charge in [0.2, 0.25) is 0 Å². The van der Waals surface area contributed by atoms with Crippen LogP contribution < -0.4 is 0 Å². The lowest BCUT2D eigenvalue weighted by molar-refractivity contribution is -0.139. The van der Waals surface area contributed by atoms with Crippen LogP contribution in [0.1, 0.15) is 19.8 Å². The maximum absolute atomic E-state index is 11.4. The van der Waals surface area contributed by atoms with E-state index in [0.717, 1.165) is 18.9 Å². The third-order valence-electron chi connectivity index (χ3n) is 1.76. The fraction of sp³-hybridized carbons (Fsp3) is 0.727. The Morgan fingerprint density at radius 3 is 2.36 bits per heavy atom. The second-order valence-electron chi connectivity index (χ2n) is 4.83. The van der Waals surface area contributed by atoms with Crippen LogP contribution in [0.3, 0.4) is 0 Å². The Hall–Kier alpha value is -0.573. The first kappa shape index (κ1) is 13.4. The summed E-state index contributed by atoms with van der Waals surface area (Å²) < 4.78 is 5.07. The molecule has 0 radical (unpaired) electrons. The molecule has 3 heteroatoms. The van der Waals surface area contributed by atoms with Gasteiger partial charge in [-0.25, -0.2) is 4.79 Å². The average molecular weight is 214 g/mol. The van der Waals surface area contributed by atoms with Gasteiger partial charge in [-0.15, -0.1) is 0 Å². The van der Waals surface area contributed by atoms with Gasteiger partial charge in [0.15, 0.2) is 0 Å². The molecule has 0 aliphatic carbocycles. The van der Waals surface area contributed by atoms with Gasteiger partial charge in [0.25, 0.3) is 0 Å². The van der Waals surface area contributed by atoms with Crippen LogP contribution in [0.5, 0.6) is 0 Å². The van der Waals surface area contributed by atoms with Crippen LogP contribution in [0.25, 0.3) is 0 Å². The predicted octanol–water partition coefficient (Wildman–Crippen LogP) is 3.22. The normalized spacial score (nSPS) is 11.1. The van der Waals surface area contributed by atoms with E-state index in [1.165, 1.54) is 0 Å². The lowest BCUT2D eigenvalue weighted by atomic mass is 10.3. The van der Waals surface area contributed by atoms with E-state index in [1.54, 1.807) is 0 Å². The summed E-state index contributed by atoms with van der Waals surface area (Å²) in [5, 5.41) is 0. The van der Waals surface area contributed by atoms with Gasteiger partial charge in [0, 0.05) is 13.6 Å². The van der Waals surface area contributed by atoms with E-state index in [2.05, 4.69) is 33.1 Å². The molecule has 0 amide bonds. The maximum atomic E-state index is 11.4. The summed E-state index contributed by atoms with van der Waals surface area (Å²) in [6.07, 6.45) is 1.99. The van der Waals surface area contributed by atoms with E-state index >= 15 is 0 Å². The van der Waals surface area contributed by atoms with Crippen LogP contribution in [0, 0.1) is 0 Å². The molecule has 0 aliphatic heterocycles. The molecule has 0 spiro atoms. The van der Waals surface area contributed by atoms with Crippen molar-refractivity contribution in [3.05, 3.63) is 12.2 Å². The minimum Gasteiger partial charge on any atom is -0.462 e. The molecule has 82 valence electrons. The van der Waals surface area contributed by atoms with Crippen LogP contribution in [0.2, 0.25) is 25.7 Å². The smallest absolute Gasteiger partial charge is 0.333 e. The average Bonchev–Trinajstić information content (AvgIpc) is 2.01. The number of hydrogen-bond donors (Lipinski definition) is 0. The van der Waals surface area contributed by atoms with E-state index in [4.69, 9.17) is 4.74 Å². The lowest BCUT2D eigenvalue weighted by Crippen LogP contribution is -2.23. The summed E-state index contributed by atoms with van der Waals surface area (Å²) in [5.74, 6) is -0.208. The van der Waals surface area contributed by atoms with E-state index in [1.807, 2.05) is 0 Å². The summed E-state index contributed by atoms with van der Waals surface area (Å²) in [6, 6.07) is 0.831. The minimum absolute atomic E-state index is 0.208. The number of hydrogen-bond acceptors (Lipinski definition) is 2. The Labute approximate surface area is 88.4 Å². The number of rotatable bonds is 6. The standard InChI is InChI=1S/C11H22O2Si/c1-6-7-8-13-11(12)10(2)9-14(3,4)5/h2,6-9H2,1,3-5H3. The van der Waals surface area contributed by atoms with E-state index in [0.29, 0.717) is 12.2 Å². The molecule has 0 N–H and O–H groups in total. The van der Waals surface area contributed by atoms with Gasteiger partial charge in [-0.2, -0.15) is 0 Å². The van der Waals surface area contributed by atoms with E-state index in [9.17, 15) is 4.79 Å². The minimum atomic E-state index is -1.23. The molecule has 0 aromatic rings. The number of ether oxygens (including phenoxy) is 1. The van der Waals surface area contributed by atoms with Gasteiger partial charge in [-0.3, -0.25) is 0 Å². The number of carbonyl (C=O) groups is 1. The van der Waals surface area contributed by atoms with E-state index in [-0.39, 0.29) is 5.97 Å². The summed E-state index contributed by atoms with van der Waals surface area (Å²) in [6.45, 7) is 13.0. The molecule has 0 saturated carbocycles. The summed E-state index contributed by atoms with van der Waals surface area (Å²) in [7, 11) is -1.23. The zero-order valence-electron chi connectivity index (χ0n) is 9.85. The molecule has 0 heterocycles. The highest BCUT2D eigenvalue weighted by molar-refractivity contribution is 6.77.